The highest BCUT2D eigenvalue weighted by atomic mass is 16.7. The average Bonchev–Trinajstić information content (AvgIpc) is 2.83. The molecular weight excluding hydrogens is 482 g/mol. The fraction of sp³-hybridized carbons (Fsp3) is 1.00. The molecule has 0 amide bonds. The lowest BCUT2D eigenvalue weighted by Gasteiger charge is -2.48. The zero-order valence-corrected chi connectivity index (χ0v) is 18.6. The smallest absolute Gasteiger partial charge is 0.176 e. The van der Waals surface area contributed by atoms with Gasteiger partial charge in [0.05, 0.1) is 37.9 Å². The number of aliphatic hydroxyl groups is 8. The van der Waals surface area contributed by atoms with Crippen molar-refractivity contribution in [2.75, 3.05) is 19.8 Å². The van der Waals surface area contributed by atoms with Crippen LogP contribution >= 0.6 is 0 Å². The molecule has 15 atom stereocenters. The molecule has 2 unspecified atom stereocenters. The molecule has 17 heteroatoms. The van der Waals surface area contributed by atoms with E-state index in [1.54, 1.807) is 0 Å². The lowest BCUT2D eigenvalue weighted by molar-refractivity contribution is -0.348. The Hall–Kier alpha value is -0.680. The first kappa shape index (κ1) is 30.5. The molecule has 16 N–H and O–H groups in total. The zero-order valence-electron chi connectivity index (χ0n) is 18.6. The van der Waals surface area contributed by atoms with Gasteiger partial charge in [-0.25, -0.2) is 0 Å². The highest BCUT2D eigenvalue weighted by Crippen LogP contribution is 2.30. The molecule has 0 aromatic heterocycles. The van der Waals surface area contributed by atoms with E-state index in [4.69, 9.17) is 40.9 Å². The minimum absolute atomic E-state index is 0. The van der Waals surface area contributed by atoms with Gasteiger partial charge in [-0.15, -0.1) is 0 Å². The summed E-state index contributed by atoms with van der Waals surface area (Å²) in [5.74, 6) is 0. The van der Waals surface area contributed by atoms with Crippen molar-refractivity contribution in [2.45, 2.75) is 91.9 Å². The van der Waals surface area contributed by atoms with E-state index >= 15 is 0 Å². The van der Waals surface area contributed by atoms with E-state index in [1.165, 1.54) is 0 Å². The molecule has 3 rings (SSSR count). The molecule has 0 bridgehead atoms. The summed E-state index contributed by atoms with van der Waals surface area (Å²) >= 11 is 0. The van der Waals surface area contributed by atoms with Gasteiger partial charge in [-0.1, -0.05) is 0 Å². The van der Waals surface area contributed by atoms with E-state index in [-0.39, 0.29) is 5.48 Å². The topological polar surface area (TPSA) is 318 Å². The predicted octanol–water partition coefficient (Wildman–Crippen LogP) is -8.50. The van der Waals surface area contributed by atoms with Gasteiger partial charge in [-0.2, -0.15) is 0 Å². The molecule has 0 spiro atoms. The Morgan fingerprint density at radius 1 is 0.543 bits per heavy atom. The van der Waals surface area contributed by atoms with Gasteiger partial charge in [0.1, 0.15) is 54.9 Å². The molecule has 0 aromatic rings. The molecule has 0 saturated carbocycles. The maximum Gasteiger partial charge on any atom is 0.176 e. The van der Waals surface area contributed by atoms with Gasteiger partial charge < -0.3 is 87.2 Å². The molecule has 208 valence electrons. The van der Waals surface area contributed by atoms with Crippen LogP contribution in [0, 0.1) is 0 Å². The first-order chi connectivity index (χ1) is 16.0. The summed E-state index contributed by atoms with van der Waals surface area (Å²) in [6.45, 7) is -2.00. The molecule has 17 nitrogen and oxygen atoms in total. The van der Waals surface area contributed by atoms with Crippen molar-refractivity contribution in [1.82, 2.24) is 0 Å². The molecule has 3 heterocycles. The third-order valence-electron chi connectivity index (χ3n) is 6.33. The van der Waals surface area contributed by atoms with Gasteiger partial charge in [0.15, 0.2) is 18.9 Å². The lowest BCUT2D eigenvalue weighted by atomic mass is 9.94. The van der Waals surface area contributed by atoms with E-state index in [9.17, 15) is 40.9 Å². The normalized spacial score (nSPS) is 51.0. The number of hydrogen-bond donors (Lipinski definition) is 11. The Balaban J connectivity index is 0.00000432. The minimum Gasteiger partial charge on any atom is -0.412 e. The Labute approximate surface area is 199 Å². The van der Waals surface area contributed by atoms with Crippen LogP contribution in [0.5, 0.6) is 0 Å². The van der Waals surface area contributed by atoms with Crippen LogP contribution in [0.15, 0.2) is 0 Å². The SMILES string of the molecule is N[C@H]1[C@H](OC2[C@@H](CO)O[C@@H](OC3[C@@H](CO)O[C@@H](O)[C@H](N)[C@H]3O)[C@H](N)[C@H]2O)O[C@H](CO)[C@@H](O)[C@@H]1O.O. The van der Waals surface area contributed by atoms with Crippen molar-refractivity contribution in [2.24, 2.45) is 17.2 Å². The Morgan fingerprint density at radius 3 is 1.43 bits per heavy atom. The van der Waals surface area contributed by atoms with Crippen molar-refractivity contribution in [3.8, 4) is 0 Å². The van der Waals surface area contributed by atoms with Crippen LogP contribution in [0.25, 0.3) is 0 Å². The summed E-state index contributed by atoms with van der Waals surface area (Å²) in [6.07, 6.45) is -16.8. The summed E-state index contributed by atoms with van der Waals surface area (Å²) in [5, 5.41) is 79.6. The number of nitrogens with two attached hydrogens (primary N) is 3. The maximum atomic E-state index is 10.8. The third kappa shape index (κ3) is 6.08. The molecule has 3 saturated heterocycles. The summed E-state index contributed by atoms with van der Waals surface area (Å²) < 4.78 is 27.4. The van der Waals surface area contributed by atoms with Crippen LogP contribution in [0.3, 0.4) is 0 Å². The Kier molecular flexibility index (Phi) is 11.1. The second-order valence-corrected chi connectivity index (χ2v) is 8.59. The molecule has 3 fully saturated rings. The summed E-state index contributed by atoms with van der Waals surface area (Å²) in [4.78, 5) is 0. The molecule has 0 aromatic carbocycles. The van der Waals surface area contributed by atoms with Crippen LogP contribution < -0.4 is 17.2 Å². The van der Waals surface area contributed by atoms with Crippen molar-refractivity contribution < 1.29 is 70.0 Å². The lowest BCUT2D eigenvalue weighted by Crippen LogP contribution is -2.69. The van der Waals surface area contributed by atoms with Crippen LogP contribution in [0.1, 0.15) is 0 Å². The predicted molar refractivity (Wildman–Crippen MR) is 111 cm³/mol. The van der Waals surface area contributed by atoms with Gasteiger partial charge in [-0.3, -0.25) is 0 Å². The summed E-state index contributed by atoms with van der Waals surface area (Å²) in [5.41, 5.74) is 17.6. The van der Waals surface area contributed by atoms with Gasteiger partial charge in [0.25, 0.3) is 0 Å². The van der Waals surface area contributed by atoms with Crippen molar-refractivity contribution in [3.05, 3.63) is 0 Å². The first-order valence-electron chi connectivity index (χ1n) is 10.8. The molecule has 3 aliphatic heterocycles. The summed E-state index contributed by atoms with van der Waals surface area (Å²) in [6, 6.07) is -3.87. The van der Waals surface area contributed by atoms with Gasteiger partial charge in [-0.05, 0) is 0 Å². The standard InChI is InChI=1S/C18H35N3O13.H2O/c19-7-12(27)14(5(2-23)30-16(7)29)33-18-9(21)13(28)15(6(3-24)32-18)34-17-8(20)11(26)10(25)4(1-22)31-17;/h4-18,22-29H,1-3,19-21H2;1H2/t4-,5-,6-,7-,8-,9-,10-,11-,12-,13-,14?,15?,16-,17+,18+;/m1./s1. The van der Waals surface area contributed by atoms with Crippen molar-refractivity contribution in [3.63, 3.8) is 0 Å². The van der Waals surface area contributed by atoms with Gasteiger partial charge in [0, 0.05) is 0 Å². The van der Waals surface area contributed by atoms with Crippen molar-refractivity contribution >= 4 is 0 Å². The summed E-state index contributed by atoms with van der Waals surface area (Å²) in [7, 11) is 0. The van der Waals surface area contributed by atoms with E-state index in [0.29, 0.717) is 0 Å². The monoisotopic (exact) mass is 519 g/mol. The number of aliphatic hydroxyl groups excluding tert-OH is 8. The number of rotatable bonds is 7. The quantitative estimate of drug-likeness (QED) is 0.149. The maximum absolute atomic E-state index is 10.8. The minimum atomic E-state index is -1.56. The van der Waals surface area contributed by atoms with E-state index in [1.807, 2.05) is 0 Å². The molecule has 3 aliphatic rings. The third-order valence-corrected chi connectivity index (χ3v) is 6.33. The molecular formula is C18H37N3O14. The zero-order chi connectivity index (χ0) is 25.3. The highest BCUT2D eigenvalue weighted by Gasteiger charge is 2.52. The van der Waals surface area contributed by atoms with Gasteiger partial charge in [0.2, 0.25) is 0 Å². The Bertz CT molecular complexity index is 648. The van der Waals surface area contributed by atoms with Crippen LogP contribution in [-0.2, 0) is 23.7 Å². The molecule has 35 heavy (non-hydrogen) atoms. The van der Waals surface area contributed by atoms with E-state index < -0.39 is 112 Å². The van der Waals surface area contributed by atoms with Crippen LogP contribution in [0.4, 0.5) is 0 Å². The fourth-order valence-corrected chi connectivity index (χ4v) is 4.18. The van der Waals surface area contributed by atoms with Gasteiger partial charge >= 0.3 is 0 Å². The highest BCUT2D eigenvalue weighted by molar-refractivity contribution is 4.98. The largest absolute Gasteiger partial charge is 0.412 e. The second-order valence-electron chi connectivity index (χ2n) is 8.59. The van der Waals surface area contributed by atoms with E-state index in [2.05, 4.69) is 0 Å². The Morgan fingerprint density at radius 2 is 0.943 bits per heavy atom. The van der Waals surface area contributed by atoms with E-state index in [0.717, 1.165) is 0 Å². The molecule has 0 radical (unpaired) electrons. The molecule has 0 aliphatic carbocycles. The fourth-order valence-electron chi connectivity index (χ4n) is 4.18. The second kappa shape index (κ2) is 12.7. The van der Waals surface area contributed by atoms with Crippen LogP contribution in [-0.4, -0.2) is 158 Å². The van der Waals surface area contributed by atoms with Crippen LogP contribution in [0.2, 0.25) is 0 Å². The van der Waals surface area contributed by atoms with Crippen molar-refractivity contribution in [1.29, 1.82) is 0 Å². The first-order valence-corrected chi connectivity index (χ1v) is 10.8. The number of ether oxygens (including phenoxy) is 5. The number of hydrogen-bond acceptors (Lipinski definition) is 16. The average molecular weight is 520 g/mol.